The van der Waals surface area contributed by atoms with Crippen molar-refractivity contribution in [1.82, 2.24) is 4.31 Å². The first-order valence-corrected chi connectivity index (χ1v) is 12.2. The smallest absolute Gasteiger partial charge is 0.211 e. The van der Waals surface area contributed by atoms with Crippen LogP contribution in [0, 0.1) is 17.8 Å². The highest BCUT2D eigenvalue weighted by molar-refractivity contribution is 9.09. The minimum atomic E-state index is -3.11. The Morgan fingerprint density at radius 1 is 1.33 bits per heavy atom. The average molecular weight is 402 g/mol. The van der Waals surface area contributed by atoms with Gasteiger partial charge in [-0.1, -0.05) is 15.9 Å². The van der Waals surface area contributed by atoms with Crippen LogP contribution < -0.4 is 0 Å². The normalized spacial score (nSPS) is 32.1. The molecule has 2 rings (SSSR count). The molecule has 21 heavy (non-hydrogen) atoms. The van der Waals surface area contributed by atoms with Crippen molar-refractivity contribution >= 4 is 35.8 Å². The Hall–Kier alpha value is 0.340. The van der Waals surface area contributed by atoms with Crippen LogP contribution in [0.1, 0.15) is 25.7 Å². The molecule has 3 atom stereocenters. The van der Waals surface area contributed by atoms with Crippen LogP contribution in [0.3, 0.4) is 0 Å². The van der Waals surface area contributed by atoms with Crippen LogP contribution in [-0.2, 0) is 19.9 Å². The van der Waals surface area contributed by atoms with E-state index in [0.29, 0.717) is 36.4 Å². The van der Waals surface area contributed by atoms with Crippen molar-refractivity contribution in [3.8, 4) is 0 Å². The number of piperidine rings is 1. The van der Waals surface area contributed by atoms with E-state index in [9.17, 15) is 16.8 Å². The van der Waals surface area contributed by atoms with E-state index in [2.05, 4.69) is 15.9 Å². The van der Waals surface area contributed by atoms with Crippen LogP contribution in [0.25, 0.3) is 0 Å². The lowest BCUT2D eigenvalue weighted by Crippen LogP contribution is -2.40. The van der Waals surface area contributed by atoms with E-state index in [1.165, 1.54) is 6.26 Å². The summed E-state index contributed by atoms with van der Waals surface area (Å²) in [5.74, 6) is 1.50. The number of rotatable bonds is 5. The Kier molecular flexibility index (Phi) is 5.77. The quantitative estimate of drug-likeness (QED) is 0.654. The summed E-state index contributed by atoms with van der Waals surface area (Å²) < 4.78 is 48.2. The van der Waals surface area contributed by atoms with Gasteiger partial charge in [-0.3, -0.25) is 0 Å². The monoisotopic (exact) mass is 401 g/mol. The van der Waals surface area contributed by atoms with Gasteiger partial charge in [-0.25, -0.2) is 21.1 Å². The van der Waals surface area contributed by atoms with Gasteiger partial charge in [0.05, 0.1) is 17.8 Å². The van der Waals surface area contributed by atoms with Crippen molar-refractivity contribution in [2.45, 2.75) is 25.7 Å². The maximum Gasteiger partial charge on any atom is 0.211 e. The lowest BCUT2D eigenvalue weighted by molar-refractivity contribution is 0.216. The topological polar surface area (TPSA) is 71.5 Å². The maximum atomic E-state index is 11.7. The molecule has 0 aromatic rings. The number of hydrogen-bond acceptors (Lipinski definition) is 4. The van der Waals surface area contributed by atoms with Gasteiger partial charge in [0.1, 0.15) is 0 Å². The minimum absolute atomic E-state index is 0.225. The van der Waals surface area contributed by atoms with E-state index in [1.807, 2.05) is 0 Å². The first kappa shape index (κ1) is 17.7. The molecule has 2 aliphatic rings. The second-order valence-electron chi connectivity index (χ2n) is 6.44. The Balaban J connectivity index is 1.96. The fourth-order valence-electron chi connectivity index (χ4n) is 3.53. The molecule has 0 saturated carbocycles. The third-order valence-corrected chi connectivity index (χ3v) is 8.61. The molecule has 0 radical (unpaired) electrons. The first-order valence-electron chi connectivity index (χ1n) is 7.43. The van der Waals surface area contributed by atoms with Crippen molar-refractivity contribution < 1.29 is 16.8 Å². The van der Waals surface area contributed by atoms with E-state index in [4.69, 9.17) is 0 Å². The largest absolute Gasteiger partial charge is 0.229 e. The summed E-state index contributed by atoms with van der Waals surface area (Å²) >= 11 is 3.52. The van der Waals surface area contributed by atoms with E-state index >= 15 is 0 Å². The highest BCUT2D eigenvalue weighted by Gasteiger charge is 2.35. The Labute approximate surface area is 136 Å². The molecule has 0 amide bonds. The molecular formula is C13H24BrNO4S2. The van der Waals surface area contributed by atoms with Gasteiger partial charge in [-0.15, -0.1) is 0 Å². The SMILES string of the molecule is CS(=O)(=O)N1CCCC(CC(CBr)C2CCS(=O)(=O)C2)C1. The van der Waals surface area contributed by atoms with Gasteiger partial charge in [0.2, 0.25) is 10.0 Å². The van der Waals surface area contributed by atoms with Crippen molar-refractivity contribution in [2.75, 3.05) is 36.2 Å². The highest BCUT2D eigenvalue weighted by atomic mass is 79.9. The molecule has 124 valence electrons. The third-order valence-electron chi connectivity index (χ3n) is 4.72. The Morgan fingerprint density at radius 3 is 2.57 bits per heavy atom. The second-order valence-corrected chi connectivity index (χ2v) is 11.3. The van der Waals surface area contributed by atoms with E-state index in [0.717, 1.165) is 31.0 Å². The lowest BCUT2D eigenvalue weighted by Gasteiger charge is -2.33. The predicted octanol–water partition coefficient (Wildman–Crippen LogP) is 1.49. The number of hydrogen-bond donors (Lipinski definition) is 0. The van der Waals surface area contributed by atoms with Gasteiger partial charge in [-0.2, -0.15) is 0 Å². The molecule has 3 unspecified atom stereocenters. The van der Waals surface area contributed by atoms with E-state index in [-0.39, 0.29) is 5.92 Å². The molecule has 0 bridgehead atoms. The van der Waals surface area contributed by atoms with Crippen LogP contribution in [-0.4, -0.2) is 57.3 Å². The van der Waals surface area contributed by atoms with Crippen LogP contribution in [0.4, 0.5) is 0 Å². The molecule has 8 heteroatoms. The zero-order valence-corrected chi connectivity index (χ0v) is 15.6. The molecule has 0 aromatic heterocycles. The van der Waals surface area contributed by atoms with Gasteiger partial charge in [0, 0.05) is 18.4 Å². The fourth-order valence-corrected chi connectivity index (χ4v) is 7.18. The summed E-state index contributed by atoms with van der Waals surface area (Å²) in [6.07, 6.45) is 4.87. The molecule has 0 spiro atoms. The van der Waals surface area contributed by atoms with Crippen molar-refractivity contribution in [3.05, 3.63) is 0 Å². The van der Waals surface area contributed by atoms with E-state index in [1.54, 1.807) is 4.31 Å². The summed E-state index contributed by atoms with van der Waals surface area (Å²) in [6, 6.07) is 0. The molecule has 0 aromatic carbocycles. The first-order chi connectivity index (χ1) is 9.71. The van der Waals surface area contributed by atoms with Crippen LogP contribution in [0.2, 0.25) is 0 Å². The van der Waals surface area contributed by atoms with Gasteiger partial charge < -0.3 is 0 Å². The molecule has 5 nitrogen and oxygen atoms in total. The maximum absolute atomic E-state index is 11.7. The standard InChI is InChI=1S/C13H24BrNO4S2/c1-20(16,17)15-5-2-3-11(9-15)7-13(8-14)12-4-6-21(18,19)10-12/h11-13H,2-10H2,1H3. The van der Waals surface area contributed by atoms with Gasteiger partial charge in [-0.05, 0) is 43.4 Å². The number of alkyl halides is 1. The zero-order valence-electron chi connectivity index (χ0n) is 12.4. The number of sulfonamides is 1. The minimum Gasteiger partial charge on any atom is -0.229 e. The number of halogens is 1. The zero-order chi connectivity index (χ0) is 15.7. The molecule has 2 aliphatic heterocycles. The van der Waals surface area contributed by atoms with E-state index < -0.39 is 19.9 Å². The summed E-state index contributed by atoms with van der Waals surface area (Å²) in [5.41, 5.74) is 0. The van der Waals surface area contributed by atoms with Crippen molar-refractivity contribution in [1.29, 1.82) is 0 Å². The predicted molar refractivity (Wildman–Crippen MR) is 87.8 cm³/mol. The Morgan fingerprint density at radius 2 is 2.05 bits per heavy atom. The van der Waals surface area contributed by atoms with Gasteiger partial charge in [0.15, 0.2) is 9.84 Å². The fraction of sp³-hybridized carbons (Fsp3) is 1.00. The molecule has 0 N–H and O–H groups in total. The third kappa shape index (κ3) is 4.91. The van der Waals surface area contributed by atoms with Crippen LogP contribution in [0.15, 0.2) is 0 Å². The Bertz CT molecular complexity index is 561. The van der Waals surface area contributed by atoms with Crippen LogP contribution in [0.5, 0.6) is 0 Å². The summed E-state index contributed by atoms with van der Waals surface area (Å²) in [6.45, 7) is 1.20. The lowest BCUT2D eigenvalue weighted by atomic mass is 9.83. The van der Waals surface area contributed by atoms with Gasteiger partial charge >= 0.3 is 0 Å². The molecule has 2 heterocycles. The number of nitrogens with zero attached hydrogens (tertiary/aromatic N) is 1. The molecule has 2 fully saturated rings. The van der Waals surface area contributed by atoms with Crippen molar-refractivity contribution in [2.24, 2.45) is 17.8 Å². The summed E-state index contributed by atoms with van der Waals surface area (Å²) in [5, 5.41) is 0.794. The molecule has 0 aliphatic carbocycles. The summed E-state index contributed by atoms with van der Waals surface area (Å²) in [4.78, 5) is 0. The highest BCUT2D eigenvalue weighted by Crippen LogP contribution is 2.34. The average Bonchev–Trinajstić information content (AvgIpc) is 2.75. The number of sulfone groups is 1. The van der Waals surface area contributed by atoms with Crippen molar-refractivity contribution in [3.63, 3.8) is 0 Å². The van der Waals surface area contributed by atoms with Crippen LogP contribution >= 0.6 is 15.9 Å². The summed E-state index contributed by atoms with van der Waals surface area (Å²) in [7, 11) is -5.97. The molecule has 2 saturated heterocycles. The second kappa shape index (κ2) is 6.84. The molecular weight excluding hydrogens is 378 g/mol. The van der Waals surface area contributed by atoms with Gasteiger partial charge in [0.25, 0.3) is 0 Å².